The van der Waals surface area contributed by atoms with Crippen molar-refractivity contribution < 1.29 is 19.1 Å². The van der Waals surface area contributed by atoms with Crippen LogP contribution in [-0.2, 0) is 9.53 Å². The Balaban J connectivity index is 1.19. The summed E-state index contributed by atoms with van der Waals surface area (Å²) in [6.07, 6.45) is 3.51. The van der Waals surface area contributed by atoms with Gasteiger partial charge in [-0.3, -0.25) is 19.9 Å². The summed E-state index contributed by atoms with van der Waals surface area (Å²) in [5, 5.41) is 7.89. The van der Waals surface area contributed by atoms with Gasteiger partial charge in [-0.2, -0.15) is 0 Å². The number of thiazole rings is 1. The minimum atomic E-state index is -0.612. The lowest BCUT2D eigenvalue weighted by molar-refractivity contribution is -0.123. The third kappa shape index (κ3) is 6.35. The van der Waals surface area contributed by atoms with E-state index in [9.17, 15) is 14.4 Å². The molecule has 0 saturated carbocycles. The molecule has 2 aromatic heterocycles. The quantitative estimate of drug-likeness (QED) is 0.298. The largest absolute Gasteiger partial charge is 0.444 e. The zero-order valence-corrected chi connectivity index (χ0v) is 23.2. The summed E-state index contributed by atoms with van der Waals surface area (Å²) < 4.78 is 5.25. The molecule has 1 saturated heterocycles. The molecule has 1 aliphatic rings. The summed E-state index contributed by atoms with van der Waals surface area (Å²) in [7, 11) is 0. The highest BCUT2D eigenvalue weighted by Gasteiger charge is 2.38. The first-order valence-corrected chi connectivity index (χ1v) is 13.7. The van der Waals surface area contributed by atoms with Crippen LogP contribution in [-0.4, -0.2) is 51.0 Å². The Kier molecular flexibility index (Phi) is 7.61. The third-order valence-electron chi connectivity index (χ3n) is 6.27. The first-order valence-electron chi connectivity index (χ1n) is 12.8. The normalized spacial score (nSPS) is 14.7. The van der Waals surface area contributed by atoms with Gasteiger partial charge in [0, 0.05) is 41.1 Å². The summed E-state index contributed by atoms with van der Waals surface area (Å²) in [4.78, 5) is 48.3. The SMILES string of the molecule is CC(C)(C)OC(=O)Nc1ccc(C(=O)N2CCC2C(=O)Nc2nc(-c3cccc(-c4ccncc4)c3)cs2)cc1. The van der Waals surface area contributed by atoms with Crippen LogP contribution >= 0.6 is 11.3 Å². The Morgan fingerprint density at radius 2 is 1.68 bits per heavy atom. The van der Waals surface area contributed by atoms with Gasteiger partial charge in [0.2, 0.25) is 5.91 Å². The van der Waals surface area contributed by atoms with Crippen LogP contribution in [0, 0.1) is 0 Å². The molecule has 204 valence electrons. The predicted molar refractivity (Wildman–Crippen MR) is 155 cm³/mol. The number of pyridine rings is 1. The molecule has 1 aliphatic heterocycles. The maximum Gasteiger partial charge on any atom is 0.412 e. The fourth-order valence-corrected chi connectivity index (χ4v) is 4.96. The van der Waals surface area contributed by atoms with Crippen molar-refractivity contribution in [3.8, 4) is 22.4 Å². The number of rotatable bonds is 6. The molecular formula is C30H29N5O4S. The van der Waals surface area contributed by atoms with Crippen LogP contribution < -0.4 is 10.6 Å². The predicted octanol–water partition coefficient (Wildman–Crippen LogP) is 6.07. The number of aromatic nitrogens is 2. The molecule has 0 radical (unpaired) electrons. The van der Waals surface area contributed by atoms with Gasteiger partial charge in [-0.1, -0.05) is 18.2 Å². The lowest BCUT2D eigenvalue weighted by Gasteiger charge is -2.39. The van der Waals surface area contributed by atoms with Crippen molar-refractivity contribution >= 4 is 40.1 Å². The number of hydrogen-bond donors (Lipinski definition) is 2. The van der Waals surface area contributed by atoms with Crippen molar-refractivity contribution in [3.05, 3.63) is 84.0 Å². The van der Waals surface area contributed by atoms with Gasteiger partial charge in [0.15, 0.2) is 5.13 Å². The van der Waals surface area contributed by atoms with Gasteiger partial charge < -0.3 is 15.0 Å². The van der Waals surface area contributed by atoms with Crippen LogP contribution in [0.4, 0.5) is 15.6 Å². The fraction of sp³-hybridized carbons (Fsp3) is 0.233. The number of ether oxygens (including phenoxy) is 1. The molecule has 1 atom stereocenters. The Morgan fingerprint density at radius 3 is 2.35 bits per heavy atom. The summed E-state index contributed by atoms with van der Waals surface area (Å²) >= 11 is 1.34. The Hall–Kier alpha value is -4.57. The molecule has 0 aliphatic carbocycles. The van der Waals surface area contributed by atoms with Crippen LogP contribution in [0.5, 0.6) is 0 Å². The first-order chi connectivity index (χ1) is 19.2. The average molecular weight is 556 g/mol. The van der Waals surface area contributed by atoms with Crippen LogP contribution in [0.1, 0.15) is 37.6 Å². The number of carbonyl (C=O) groups excluding carboxylic acids is 3. The highest BCUT2D eigenvalue weighted by atomic mass is 32.1. The number of anilines is 2. The summed E-state index contributed by atoms with van der Waals surface area (Å²) in [6, 6.07) is 17.9. The van der Waals surface area contributed by atoms with Crippen LogP contribution in [0.15, 0.2) is 78.4 Å². The van der Waals surface area contributed by atoms with E-state index in [1.54, 1.807) is 62.3 Å². The van der Waals surface area contributed by atoms with E-state index < -0.39 is 17.7 Å². The molecule has 0 spiro atoms. The Morgan fingerprint density at radius 1 is 0.950 bits per heavy atom. The van der Waals surface area contributed by atoms with Gasteiger partial charge in [0.05, 0.1) is 5.69 Å². The van der Waals surface area contributed by atoms with E-state index in [0.29, 0.717) is 29.3 Å². The van der Waals surface area contributed by atoms with Crippen molar-refractivity contribution in [2.45, 2.75) is 38.8 Å². The van der Waals surface area contributed by atoms with Gasteiger partial charge >= 0.3 is 6.09 Å². The fourth-order valence-electron chi connectivity index (χ4n) is 4.24. The van der Waals surface area contributed by atoms with E-state index in [4.69, 9.17) is 4.74 Å². The maximum atomic E-state index is 13.1. The lowest BCUT2D eigenvalue weighted by Crippen LogP contribution is -2.56. The van der Waals surface area contributed by atoms with Crippen molar-refractivity contribution in [1.29, 1.82) is 0 Å². The number of benzene rings is 2. The third-order valence-corrected chi connectivity index (χ3v) is 7.02. The van der Waals surface area contributed by atoms with Crippen molar-refractivity contribution in [3.63, 3.8) is 0 Å². The minimum absolute atomic E-state index is 0.247. The molecule has 3 amide bonds. The molecule has 1 unspecified atom stereocenters. The molecule has 2 aromatic carbocycles. The Bertz CT molecular complexity index is 1530. The van der Waals surface area contributed by atoms with Gasteiger partial charge in [-0.25, -0.2) is 9.78 Å². The number of amides is 3. The second-order valence-electron chi connectivity index (χ2n) is 10.4. The van der Waals surface area contributed by atoms with Crippen LogP contribution in [0.2, 0.25) is 0 Å². The van der Waals surface area contributed by atoms with E-state index in [-0.39, 0.29) is 11.8 Å². The lowest BCUT2D eigenvalue weighted by atomic mass is 10.00. The second kappa shape index (κ2) is 11.3. The highest BCUT2D eigenvalue weighted by molar-refractivity contribution is 7.14. The van der Waals surface area contributed by atoms with E-state index >= 15 is 0 Å². The minimum Gasteiger partial charge on any atom is -0.444 e. The monoisotopic (exact) mass is 555 g/mol. The molecule has 5 rings (SSSR count). The van der Waals surface area contributed by atoms with Gasteiger partial charge in [0.1, 0.15) is 11.6 Å². The zero-order chi connectivity index (χ0) is 28.3. The maximum absolute atomic E-state index is 13.1. The number of likely N-dealkylation sites (tertiary alicyclic amines) is 1. The highest BCUT2D eigenvalue weighted by Crippen LogP contribution is 2.30. The number of nitrogens with zero attached hydrogens (tertiary/aromatic N) is 3. The smallest absolute Gasteiger partial charge is 0.412 e. The number of carbonyl (C=O) groups is 3. The van der Waals surface area contributed by atoms with Crippen molar-refractivity contribution in [2.24, 2.45) is 0 Å². The summed E-state index contributed by atoms with van der Waals surface area (Å²) in [5.41, 5.74) is 4.14. The number of nitrogens with one attached hydrogen (secondary N) is 2. The molecule has 3 heterocycles. The average Bonchev–Trinajstić information content (AvgIpc) is 3.36. The Labute approximate surface area is 236 Å². The molecule has 4 aromatic rings. The van der Waals surface area contributed by atoms with E-state index in [0.717, 1.165) is 22.4 Å². The van der Waals surface area contributed by atoms with Gasteiger partial charge in [-0.15, -0.1) is 11.3 Å². The van der Waals surface area contributed by atoms with Crippen molar-refractivity contribution in [2.75, 3.05) is 17.2 Å². The molecule has 0 bridgehead atoms. The second-order valence-corrected chi connectivity index (χ2v) is 11.2. The molecule has 40 heavy (non-hydrogen) atoms. The molecular weight excluding hydrogens is 526 g/mol. The van der Waals surface area contributed by atoms with Crippen LogP contribution in [0.3, 0.4) is 0 Å². The molecule has 1 fully saturated rings. The van der Waals surface area contributed by atoms with E-state index in [1.165, 1.54) is 11.3 Å². The summed E-state index contributed by atoms with van der Waals surface area (Å²) in [6.45, 7) is 5.83. The standard InChI is InChI=1S/C30H29N5O4S/c1-30(2,3)39-29(38)32-23-9-7-20(8-10-23)27(37)35-16-13-25(35)26(36)34-28-33-24(18-40-28)22-6-4-5-21(17-22)19-11-14-31-15-12-19/h4-12,14-15,17-18,25H,13,16H2,1-3H3,(H,32,38)(H,33,34,36). The van der Waals surface area contributed by atoms with E-state index in [1.807, 2.05) is 35.7 Å². The van der Waals surface area contributed by atoms with E-state index in [2.05, 4.69) is 26.7 Å². The topological polar surface area (TPSA) is 114 Å². The zero-order valence-electron chi connectivity index (χ0n) is 22.4. The molecule has 9 nitrogen and oxygen atoms in total. The molecule has 10 heteroatoms. The van der Waals surface area contributed by atoms with Crippen molar-refractivity contribution in [1.82, 2.24) is 14.9 Å². The van der Waals surface area contributed by atoms with Gasteiger partial charge in [-0.05, 0) is 80.8 Å². The van der Waals surface area contributed by atoms with Gasteiger partial charge in [0.25, 0.3) is 5.91 Å². The van der Waals surface area contributed by atoms with Crippen LogP contribution in [0.25, 0.3) is 22.4 Å². The summed E-state index contributed by atoms with van der Waals surface area (Å²) in [5.74, 6) is -0.516. The molecule has 2 N–H and O–H groups in total. The number of hydrogen-bond acceptors (Lipinski definition) is 7. The first kappa shape index (κ1) is 27.0.